The Balaban J connectivity index is 0.000000568. The van der Waals surface area contributed by atoms with Crippen molar-refractivity contribution in [1.29, 1.82) is 0 Å². The minimum Gasteiger partial charge on any atom is -0.493 e. The smallest absolute Gasteiger partial charge is 0.414 e. The normalized spacial score (nSPS) is 14.5. The van der Waals surface area contributed by atoms with Crippen LogP contribution < -0.4 is 9.47 Å². The fraction of sp³-hybridized carbons (Fsp3) is 0.500. The largest absolute Gasteiger partial charge is 0.493 e. The van der Waals surface area contributed by atoms with Gasteiger partial charge in [-0.05, 0) is 26.0 Å². The SMILES string of the molecule is C=CCc1cccc(OC)c1OCCCN1CCN(C)CC1.O=C(O)C(=O)O. The van der Waals surface area contributed by atoms with Gasteiger partial charge in [0.2, 0.25) is 0 Å². The van der Waals surface area contributed by atoms with E-state index >= 15 is 0 Å². The fourth-order valence-electron chi connectivity index (χ4n) is 2.74. The average molecular weight is 394 g/mol. The molecule has 156 valence electrons. The number of hydrogen-bond donors (Lipinski definition) is 2. The lowest BCUT2D eigenvalue weighted by Gasteiger charge is -2.32. The molecule has 0 aromatic heterocycles. The summed E-state index contributed by atoms with van der Waals surface area (Å²) in [4.78, 5) is 23.1. The molecule has 2 N–H and O–H groups in total. The van der Waals surface area contributed by atoms with Crippen molar-refractivity contribution in [3.8, 4) is 11.5 Å². The van der Waals surface area contributed by atoms with E-state index in [-0.39, 0.29) is 0 Å². The third kappa shape index (κ3) is 8.41. The Morgan fingerprint density at radius 1 is 1.18 bits per heavy atom. The van der Waals surface area contributed by atoms with Gasteiger partial charge in [0.05, 0.1) is 13.7 Å². The van der Waals surface area contributed by atoms with Crippen molar-refractivity contribution in [2.24, 2.45) is 0 Å². The molecule has 1 heterocycles. The maximum Gasteiger partial charge on any atom is 0.414 e. The number of hydrogen-bond acceptors (Lipinski definition) is 6. The van der Waals surface area contributed by atoms with E-state index in [4.69, 9.17) is 29.3 Å². The van der Waals surface area contributed by atoms with Crippen LogP contribution in [0, 0.1) is 0 Å². The van der Waals surface area contributed by atoms with E-state index in [2.05, 4.69) is 29.5 Å². The van der Waals surface area contributed by atoms with Crippen molar-refractivity contribution in [3.05, 3.63) is 36.4 Å². The first-order valence-corrected chi connectivity index (χ1v) is 9.15. The number of nitrogens with zero attached hydrogens (tertiary/aromatic N) is 2. The molecule has 0 spiro atoms. The van der Waals surface area contributed by atoms with Crippen molar-refractivity contribution in [1.82, 2.24) is 9.80 Å². The molecule has 0 unspecified atom stereocenters. The van der Waals surface area contributed by atoms with Gasteiger partial charge in [0.25, 0.3) is 0 Å². The predicted octanol–water partition coefficient (Wildman–Crippen LogP) is 1.60. The van der Waals surface area contributed by atoms with Gasteiger partial charge in [-0.15, -0.1) is 6.58 Å². The number of para-hydroxylation sites is 1. The lowest BCUT2D eigenvalue weighted by Crippen LogP contribution is -2.44. The lowest BCUT2D eigenvalue weighted by molar-refractivity contribution is -0.159. The molecule has 8 heteroatoms. The number of carboxylic acid groups (broad SMARTS) is 2. The second-order valence-corrected chi connectivity index (χ2v) is 6.40. The maximum absolute atomic E-state index is 9.10. The van der Waals surface area contributed by atoms with E-state index in [1.165, 1.54) is 0 Å². The summed E-state index contributed by atoms with van der Waals surface area (Å²) in [7, 11) is 3.87. The van der Waals surface area contributed by atoms with Gasteiger partial charge in [-0.25, -0.2) is 9.59 Å². The van der Waals surface area contributed by atoms with Crippen LogP contribution in [-0.2, 0) is 16.0 Å². The van der Waals surface area contributed by atoms with Gasteiger partial charge in [-0.1, -0.05) is 18.2 Å². The monoisotopic (exact) mass is 394 g/mol. The first-order valence-electron chi connectivity index (χ1n) is 9.15. The third-order valence-electron chi connectivity index (χ3n) is 4.29. The first-order chi connectivity index (χ1) is 13.4. The summed E-state index contributed by atoms with van der Waals surface area (Å²) < 4.78 is 11.4. The number of rotatable bonds is 8. The number of carbonyl (C=O) groups is 2. The highest BCUT2D eigenvalue weighted by atomic mass is 16.5. The zero-order chi connectivity index (χ0) is 20.9. The fourth-order valence-corrected chi connectivity index (χ4v) is 2.74. The molecule has 8 nitrogen and oxygen atoms in total. The second-order valence-electron chi connectivity index (χ2n) is 6.40. The van der Waals surface area contributed by atoms with Crippen LogP contribution >= 0.6 is 0 Å². The second kappa shape index (κ2) is 12.7. The van der Waals surface area contributed by atoms with Crippen LogP contribution in [0.3, 0.4) is 0 Å². The number of likely N-dealkylation sites (N-methyl/N-ethyl adjacent to an activating group) is 1. The van der Waals surface area contributed by atoms with Crippen LogP contribution in [-0.4, -0.2) is 85.4 Å². The summed E-state index contributed by atoms with van der Waals surface area (Å²) >= 11 is 0. The van der Waals surface area contributed by atoms with E-state index in [9.17, 15) is 0 Å². The Morgan fingerprint density at radius 3 is 2.36 bits per heavy atom. The van der Waals surface area contributed by atoms with Crippen molar-refractivity contribution in [2.45, 2.75) is 12.8 Å². The van der Waals surface area contributed by atoms with Crippen molar-refractivity contribution in [2.75, 3.05) is 53.5 Å². The molecule has 0 radical (unpaired) electrons. The summed E-state index contributed by atoms with van der Waals surface area (Å²) in [6.45, 7) is 10.3. The number of methoxy groups -OCH3 is 1. The van der Waals surface area contributed by atoms with Gasteiger partial charge in [0, 0.05) is 38.3 Å². The highest BCUT2D eigenvalue weighted by Gasteiger charge is 2.14. The van der Waals surface area contributed by atoms with Crippen LogP contribution in [0.25, 0.3) is 0 Å². The number of ether oxygens (including phenoxy) is 2. The molecule has 1 aromatic rings. The topological polar surface area (TPSA) is 99.5 Å². The summed E-state index contributed by atoms with van der Waals surface area (Å²) in [5.41, 5.74) is 1.13. The van der Waals surface area contributed by atoms with Gasteiger partial charge in [-0.3, -0.25) is 0 Å². The maximum atomic E-state index is 9.10. The van der Waals surface area contributed by atoms with Crippen molar-refractivity contribution >= 4 is 11.9 Å². The van der Waals surface area contributed by atoms with Gasteiger partial charge in [-0.2, -0.15) is 0 Å². The Kier molecular flexibility index (Phi) is 10.7. The summed E-state index contributed by atoms with van der Waals surface area (Å²) in [6.07, 6.45) is 3.73. The van der Waals surface area contributed by atoms with Crippen molar-refractivity contribution < 1.29 is 29.3 Å². The zero-order valence-corrected chi connectivity index (χ0v) is 16.6. The molecule has 0 bridgehead atoms. The van der Waals surface area contributed by atoms with E-state index in [1.807, 2.05) is 18.2 Å². The van der Waals surface area contributed by atoms with Crippen LogP contribution in [0.15, 0.2) is 30.9 Å². The molecule has 0 atom stereocenters. The number of allylic oxidation sites excluding steroid dienone is 1. The molecule has 1 aliphatic heterocycles. The predicted molar refractivity (Wildman–Crippen MR) is 106 cm³/mol. The van der Waals surface area contributed by atoms with E-state index < -0.39 is 11.9 Å². The van der Waals surface area contributed by atoms with Crippen LogP contribution in [0.1, 0.15) is 12.0 Å². The highest BCUT2D eigenvalue weighted by Crippen LogP contribution is 2.31. The molecule has 28 heavy (non-hydrogen) atoms. The standard InChI is InChI=1S/C18H28N2O2.C2H2O4/c1-4-7-16-8-5-9-17(21-3)18(16)22-15-6-10-20-13-11-19(2)12-14-20;3-1(4)2(5)6/h4-5,8-9H,1,6-7,10-15H2,2-3H3;(H,3,4)(H,5,6). The Labute approximate surface area is 166 Å². The van der Waals surface area contributed by atoms with Crippen molar-refractivity contribution in [3.63, 3.8) is 0 Å². The number of aliphatic carboxylic acids is 2. The highest BCUT2D eigenvalue weighted by molar-refractivity contribution is 6.27. The Morgan fingerprint density at radius 2 is 1.82 bits per heavy atom. The van der Waals surface area contributed by atoms with Gasteiger partial charge in [0.1, 0.15) is 0 Å². The zero-order valence-electron chi connectivity index (χ0n) is 16.6. The third-order valence-corrected chi connectivity index (χ3v) is 4.29. The first kappa shape index (κ1) is 23.5. The number of piperazine rings is 1. The van der Waals surface area contributed by atoms with E-state index in [1.54, 1.807) is 7.11 Å². The van der Waals surface area contributed by atoms with Crippen LogP contribution in [0.4, 0.5) is 0 Å². The lowest BCUT2D eigenvalue weighted by atomic mass is 10.1. The van der Waals surface area contributed by atoms with E-state index in [0.29, 0.717) is 0 Å². The molecule has 0 aliphatic carbocycles. The van der Waals surface area contributed by atoms with Gasteiger partial charge >= 0.3 is 11.9 Å². The summed E-state index contributed by atoms with van der Waals surface area (Å²) in [6, 6.07) is 6.01. The minimum absolute atomic E-state index is 0.719. The van der Waals surface area contributed by atoms with E-state index in [0.717, 1.165) is 69.2 Å². The Hall–Kier alpha value is -2.58. The van der Waals surface area contributed by atoms with Gasteiger partial charge in [0.15, 0.2) is 11.5 Å². The quantitative estimate of drug-likeness (QED) is 0.390. The Bertz CT molecular complexity index is 630. The minimum atomic E-state index is -1.82. The molecule has 0 amide bonds. The number of benzene rings is 1. The molecule has 1 fully saturated rings. The number of carboxylic acids is 2. The molecule has 0 saturated carbocycles. The van der Waals surface area contributed by atoms with Crippen LogP contribution in [0.5, 0.6) is 11.5 Å². The summed E-state index contributed by atoms with van der Waals surface area (Å²) in [5.74, 6) is -1.98. The molecular weight excluding hydrogens is 364 g/mol. The molecule has 1 aromatic carbocycles. The molecular formula is C20H30N2O6. The summed E-state index contributed by atoms with van der Waals surface area (Å²) in [5, 5.41) is 14.8. The molecule has 1 aliphatic rings. The molecule has 2 rings (SSSR count). The molecule has 1 saturated heterocycles. The van der Waals surface area contributed by atoms with Crippen LogP contribution in [0.2, 0.25) is 0 Å². The van der Waals surface area contributed by atoms with Gasteiger partial charge < -0.3 is 29.5 Å². The average Bonchev–Trinajstić information content (AvgIpc) is 2.68.